The first-order valence-corrected chi connectivity index (χ1v) is 10.0. The van der Waals surface area contributed by atoms with E-state index in [1.165, 1.54) is 4.31 Å². The molecule has 1 N–H and O–H groups in total. The molecule has 0 fully saturated rings. The molecule has 0 atom stereocenters. The minimum atomic E-state index is -3.24. The number of aliphatic imine (C=N–C) groups is 1. The maximum absolute atomic E-state index is 12.2. The summed E-state index contributed by atoms with van der Waals surface area (Å²) in [5.74, 6) is 1.49. The van der Waals surface area contributed by atoms with Crippen LogP contribution in [0.4, 0.5) is 0 Å². The molecule has 0 spiro atoms. The lowest BCUT2D eigenvalue weighted by Crippen LogP contribution is -2.42. The summed E-state index contributed by atoms with van der Waals surface area (Å²) in [6.07, 6.45) is 0. The monoisotopic (exact) mass is 370 g/mol. The van der Waals surface area contributed by atoms with Crippen LogP contribution in [0.2, 0.25) is 0 Å². The third-order valence-corrected chi connectivity index (χ3v) is 5.94. The largest absolute Gasteiger partial charge is 0.496 e. The fourth-order valence-corrected chi connectivity index (χ4v) is 3.99. The highest BCUT2D eigenvalue weighted by atomic mass is 32.2. The van der Waals surface area contributed by atoms with Crippen molar-refractivity contribution in [2.45, 2.75) is 20.4 Å². The summed E-state index contributed by atoms with van der Waals surface area (Å²) >= 11 is 0. The van der Waals surface area contributed by atoms with Crippen LogP contribution in [0.5, 0.6) is 5.75 Å². The molecule has 0 radical (unpaired) electrons. The molecule has 0 aromatic heterocycles. The Bertz CT molecular complexity index is 658. The van der Waals surface area contributed by atoms with Crippen LogP contribution in [0.25, 0.3) is 0 Å². The van der Waals surface area contributed by atoms with Crippen LogP contribution >= 0.6 is 0 Å². The summed E-state index contributed by atoms with van der Waals surface area (Å²) in [5.41, 5.74) is 1.03. The zero-order chi connectivity index (χ0) is 18.9. The van der Waals surface area contributed by atoms with Gasteiger partial charge in [-0.25, -0.2) is 12.7 Å². The second-order valence-electron chi connectivity index (χ2n) is 5.54. The van der Waals surface area contributed by atoms with Crippen LogP contribution in [0.1, 0.15) is 19.4 Å². The van der Waals surface area contributed by atoms with Gasteiger partial charge in [0.25, 0.3) is 0 Å². The summed E-state index contributed by atoms with van der Waals surface area (Å²) in [6.45, 7) is 5.57. The van der Waals surface area contributed by atoms with E-state index in [2.05, 4.69) is 10.3 Å². The molecule has 0 aliphatic heterocycles. The predicted molar refractivity (Wildman–Crippen MR) is 103 cm³/mol. The molecule has 142 valence electrons. The lowest BCUT2D eigenvalue weighted by atomic mass is 10.2. The zero-order valence-corrected chi connectivity index (χ0v) is 16.6. The number of methoxy groups -OCH3 is 1. The minimum absolute atomic E-state index is 0.0379. The van der Waals surface area contributed by atoms with E-state index < -0.39 is 10.0 Å². The third-order valence-electron chi connectivity index (χ3n) is 3.92. The number of sulfonamides is 1. The van der Waals surface area contributed by atoms with E-state index in [1.54, 1.807) is 14.2 Å². The number of ether oxygens (including phenoxy) is 1. The Morgan fingerprint density at radius 1 is 1.24 bits per heavy atom. The van der Waals surface area contributed by atoms with Crippen molar-refractivity contribution in [1.82, 2.24) is 14.5 Å². The summed E-state index contributed by atoms with van der Waals surface area (Å²) in [4.78, 5) is 6.16. The Morgan fingerprint density at radius 2 is 1.88 bits per heavy atom. The van der Waals surface area contributed by atoms with Crippen LogP contribution in [0, 0.1) is 0 Å². The maximum atomic E-state index is 12.2. The number of para-hydroxylation sites is 1. The molecule has 0 heterocycles. The molecular formula is C17H30N4O3S. The summed E-state index contributed by atoms with van der Waals surface area (Å²) < 4.78 is 31.3. The number of nitrogens with zero attached hydrogens (tertiary/aromatic N) is 3. The number of hydrogen-bond donors (Lipinski definition) is 1. The van der Waals surface area contributed by atoms with Gasteiger partial charge in [0.1, 0.15) is 5.75 Å². The number of guanidine groups is 1. The molecule has 0 aliphatic rings. The predicted octanol–water partition coefficient (Wildman–Crippen LogP) is 1.37. The van der Waals surface area contributed by atoms with Crippen molar-refractivity contribution < 1.29 is 13.2 Å². The van der Waals surface area contributed by atoms with Gasteiger partial charge in [0.05, 0.1) is 12.9 Å². The molecule has 8 heteroatoms. The Hall–Kier alpha value is -1.80. The van der Waals surface area contributed by atoms with Gasteiger partial charge in [-0.05, 0) is 6.07 Å². The second-order valence-corrected chi connectivity index (χ2v) is 7.63. The van der Waals surface area contributed by atoms with E-state index in [9.17, 15) is 8.42 Å². The molecule has 0 unspecified atom stereocenters. The van der Waals surface area contributed by atoms with Crippen molar-refractivity contribution in [2.24, 2.45) is 4.99 Å². The first-order valence-electron chi connectivity index (χ1n) is 8.41. The fourth-order valence-electron chi connectivity index (χ4n) is 2.59. The Kier molecular flexibility index (Phi) is 8.71. The lowest BCUT2D eigenvalue weighted by molar-refractivity contribution is 0.396. The van der Waals surface area contributed by atoms with Crippen molar-refractivity contribution in [2.75, 3.05) is 46.6 Å². The first-order chi connectivity index (χ1) is 11.9. The van der Waals surface area contributed by atoms with Gasteiger partial charge in [0.2, 0.25) is 10.0 Å². The topological polar surface area (TPSA) is 74.2 Å². The Balaban J connectivity index is 2.65. The van der Waals surface area contributed by atoms with Gasteiger partial charge in [-0.15, -0.1) is 0 Å². The smallest absolute Gasteiger partial charge is 0.215 e. The van der Waals surface area contributed by atoms with E-state index in [1.807, 2.05) is 50.1 Å². The Morgan fingerprint density at radius 3 is 2.44 bits per heavy atom. The normalized spacial score (nSPS) is 12.3. The average Bonchev–Trinajstić information content (AvgIpc) is 2.59. The Labute approximate surface area is 151 Å². The van der Waals surface area contributed by atoms with Crippen LogP contribution in [-0.4, -0.2) is 70.2 Å². The second kappa shape index (κ2) is 10.2. The molecule has 0 amide bonds. The van der Waals surface area contributed by atoms with Gasteiger partial charge in [-0.2, -0.15) is 0 Å². The molecule has 1 aromatic carbocycles. The molecule has 0 saturated carbocycles. The molecule has 1 rings (SSSR count). The van der Waals surface area contributed by atoms with Crippen molar-refractivity contribution in [3.8, 4) is 5.75 Å². The van der Waals surface area contributed by atoms with Crippen molar-refractivity contribution in [3.05, 3.63) is 29.8 Å². The molecule has 25 heavy (non-hydrogen) atoms. The van der Waals surface area contributed by atoms with Crippen LogP contribution in [0.15, 0.2) is 29.3 Å². The van der Waals surface area contributed by atoms with Crippen LogP contribution in [0.3, 0.4) is 0 Å². The van der Waals surface area contributed by atoms with Gasteiger partial charge < -0.3 is 15.0 Å². The molecule has 0 aliphatic carbocycles. The summed E-state index contributed by atoms with van der Waals surface area (Å²) in [5, 5.41) is 3.12. The number of nitrogens with one attached hydrogen (secondary N) is 1. The van der Waals surface area contributed by atoms with E-state index in [4.69, 9.17) is 4.74 Å². The van der Waals surface area contributed by atoms with Crippen molar-refractivity contribution >= 4 is 16.0 Å². The number of hydrogen-bond acceptors (Lipinski definition) is 4. The van der Waals surface area contributed by atoms with E-state index in [0.29, 0.717) is 32.1 Å². The third kappa shape index (κ3) is 6.21. The fraction of sp³-hybridized carbons (Fsp3) is 0.588. The van der Waals surface area contributed by atoms with E-state index in [0.717, 1.165) is 11.3 Å². The summed E-state index contributed by atoms with van der Waals surface area (Å²) in [7, 11) is 1.98. The summed E-state index contributed by atoms with van der Waals surface area (Å²) in [6, 6.07) is 7.79. The quantitative estimate of drug-likeness (QED) is 0.525. The number of rotatable bonds is 9. The highest BCUT2D eigenvalue weighted by Crippen LogP contribution is 2.18. The van der Waals surface area contributed by atoms with Gasteiger partial charge >= 0.3 is 0 Å². The molecule has 7 nitrogen and oxygen atoms in total. The van der Waals surface area contributed by atoms with Gasteiger partial charge in [-0.3, -0.25) is 4.99 Å². The molecule has 0 bridgehead atoms. The SMILES string of the molecule is CCN(CC)S(=O)(=O)CCNC(=NC)N(C)Cc1ccccc1OC. The minimum Gasteiger partial charge on any atom is -0.496 e. The van der Waals surface area contributed by atoms with Gasteiger partial charge in [-0.1, -0.05) is 32.0 Å². The highest BCUT2D eigenvalue weighted by Gasteiger charge is 2.18. The van der Waals surface area contributed by atoms with Crippen molar-refractivity contribution in [1.29, 1.82) is 0 Å². The molecule has 1 aromatic rings. The van der Waals surface area contributed by atoms with Crippen LogP contribution in [-0.2, 0) is 16.6 Å². The standard InChI is InChI=1S/C17H30N4O3S/c1-6-21(7-2)25(22,23)13-12-19-17(18-3)20(4)14-15-10-8-9-11-16(15)24-5/h8-11H,6-7,12-14H2,1-5H3,(H,18,19). The van der Waals surface area contributed by atoms with Gasteiger partial charge in [0, 0.05) is 45.8 Å². The van der Waals surface area contributed by atoms with Gasteiger partial charge in [0.15, 0.2) is 5.96 Å². The molecule has 0 saturated heterocycles. The van der Waals surface area contributed by atoms with Crippen molar-refractivity contribution in [3.63, 3.8) is 0 Å². The van der Waals surface area contributed by atoms with E-state index >= 15 is 0 Å². The number of benzene rings is 1. The first kappa shape index (κ1) is 21.2. The van der Waals surface area contributed by atoms with E-state index in [-0.39, 0.29) is 5.75 Å². The molecular weight excluding hydrogens is 340 g/mol. The average molecular weight is 371 g/mol. The highest BCUT2D eigenvalue weighted by molar-refractivity contribution is 7.89. The lowest BCUT2D eigenvalue weighted by Gasteiger charge is -2.24. The zero-order valence-electron chi connectivity index (χ0n) is 15.8. The van der Waals surface area contributed by atoms with Crippen LogP contribution < -0.4 is 10.1 Å². The maximum Gasteiger partial charge on any atom is 0.215 e.